The lowest BCUT2D eigenvalue weighted by Crippen LogP contribution is -2.28. The molecule has 0 spiro atoms. The zero-order valence-electron chi connectivity index (χ0n) is 11.2. The van der Waals surface area contributed by atoms with E-state index in [1.165, 1.54) is 15.4 Å². The summed E-state index contributed by atoms with van der Waals surface area (Å²) in [6.07, 6.45) is 2.03. The fourth-order valence-corrected chi connectivity index (χ4v) is 3.13. The minimum Gasteiger partial charge on any atom is -0.321 e. The Kier molecular flexibility index (Phi) is 3.83. The molecule has 1 aromatic carbocycles. The molecule has 2 N–H and O–H groups in total. The molecular formula is C15H20N2S. The smallest absolute Gasteiger partial charge is 0.0935 e. The number of benzene rings is 1. The molecule has 0 amide bonds. The van der Waals surface area contributed by atoms with Gasteiger partial charge in [0.25, 0.3) is 0 Å². The lowest BCUT2D eigenvalue weighted by atomic mass is 10.0. The summed E-state index contributed by atoms with van der Waals surface area (Å²) in [6, 6.07) is 10.5. The van der Waals surface area contributed by atoms with Gasteiger partial charge in [-0.2, -0.15) is 0 Å². The van der Waals surface area contributed by atoms with Gasteiger partial charge in [-0.3, -0.25) is 0 Å². The molecule has 0 aliphatic heterocycles. The molecule has 0 unspecified atom stereocenters. The third-order valence-electron chi connectivity index (χ3n) is 2.90. The molecule has 0 aliphatic carbocycles. The van der Waals surface area contributed by atoms with Crippen molar-refractivity contribution < 1.29 is 0 Å². The van der Waals surface area contributed by atoms with Crippen molar-refractivity contribution in [1.82, 2.24) is 4.98 Å². The summed E-state index contributed by atoms with van der Waals surface area (Å²) in [5.41, 5.74) is 8.30. The molecule has 1 heterocycles. The quantitative estimate of drug-likeness (QED) is 0.914. The maximum atomic E-state index is 6.15. The molecule has 2 rings (SSSR count). The monoisotopic (exact) mass is 260 g/mol. The van der Waals surface area contributed by atoms with Gasteiger partial charge in [0.2, 0.25) is 0 Å². The predicted molar refractivity (Wildman–Crippen MR) is 77.9 cm³/mol. The largest absolute Gasteiger partial charge is 0.321 e. The minimum atomic E-state index is -0.285. The van der Waals surface area contributed by atoms with Crippen LogP contribution in [-0.4, -0.2) is 4.98 Å². The van der Waals surface area contributed by atoms with Gasteiger partial charge in [-0.1, -0.05) is 30.3 Å². The van der Waals surface area contributed by atoms with E-state index < -0.39 is 0 Å². The Bertz CT molecular complexity index is 509. The van der Waals surface area contributed by atoms with Crippen LogP contribution in [0.4, 0.5) is 0 Å². The van der Waals surface area contributed by atoms with Gasteiger partial charge in [0.05, 0.1) is 10.7 Å². The Morgan fingerprint density at radius 2 is 1.83 bits per heavy atom. The van der Waals surface area contributed by atoms with Crippen LogP contribution in [0.3, 0.4) is 0 Å². The molecule has 3 heteroatoms. The lowest BCUT2D eigenvalue weighted by molar-refractivity contribution is 0.562. The fourth-order valence-electron chi connectivity index (χ4n) is 2.05. The number of thiazole rings is 1. The Morgan fingerprint density at radius 3 is 2.39 bits per heavy atom. The maximum Gasteiger partial charge on any atom is 0.0935 e. The first kappa shape index (κ1) is 13.2. The average molecular weight is 260 g/mol. The summed E-state index contributed by atoms with van der Waals surface area (Å²) in [5.74, 6) is 0. The summed E-state index contributed by atoms with van der Waals surface area (Å²) in [5, 5.41) is 1.19. The van der Waals surface area contributed by atoms with Gasteiger partial charge >= 0.3 is 0 Å². The standard InChI is InChI=1S/C15H20N2S/c1-11-14(15(2,3)16)18-13(17-11)10-9-12-7-5-4-6-8-12/h4-8H,9-10,16H2,1-3H3. The van der Waals surface area contributed by atoms with E-state index >= 15 is 0 Å². The molecule has 0 bridgehead atoms. The molecule has 2 nitrogen and oxygen atoms in total. The van der Waals surface area contributed by atoms with Gasteiger partial charge in [0, 0.05) is 16.8 Å². The van der Waals surface area contributed by atoms with Crippen LogP contribution in [0.2, 0.25) is 0 Å². The molecule has 0 saturated carbocycles. The van der Waals surface area contributed by atoms with E-state index in [0.29, 0.717) is 0 Å². The summed E-state index contributed by atoms with van der Waals surface area (Å²) < 4.78 is 0. The van der Waals surface area contributed by atoms with E-state index in [1.807, 2.05) is 26.8 Å². The van der Waals surface area contributed by atoms with Crippen molar-refractivity contribution >= 4 is 11.3 Å². The molecule has 2 aromatic rings. The zero-order chi connectivity index (χ0) is 13.2. The van der Waals surface area contributed by atoms with Crippen molar-refractivity contribution in [3.05, 3.63) is 51.5 Å². The predicted octanol–water partition coefficient (Wildman–Crippen LogP) is 3.43. The third kappa shape index (κ3) is 3.18. The highest BCUT2D eigenvalue weighted by molar-refractivity contribution is 7.11. The van der Waals surface area contributed by atoms with Crippen molar-refractivity contribution in [2.45, 2.75) is 39.2 Å². The molecule has 1 aromatic heterocycles. The average Bonchev–Trinajstić information content (AvgIpc) is 2.69. The zero-order valence-corrected chi connectivity index (χ0v) is 12.1. The summed E-state index contributed by atoms with van der Waals surface area (Å²) in [4.78, 5) is 5.83. The van der Waals surface area contributed by atoms with Crippen LogP contribution in [0.5, 0.6) is 0 Å². The van der Waals surface area contributed by atoms with Crippen molar-refractivity contribution in [3.8, 4) is 0 Å². The van der Waals surface area contributed by atoms with E-state index in [1.54, 1.807) is 11.3 Å². The van der Waals surface area contributed by atoms with Gasteiger partial charge in [-0.15, -0.1) is 11.3 Å². The number of hydrogen-bond acceptors (Lipinski definition) is 3. The van der Waals surface area contributed by atoms with Gasteiger partial charge in [0.1, 0.15) is 0 Å². The van der Waals surface area contributed by atoms with E-state index in [4.69, 9.17) is 5.73 Å². The molecule has 0 radical (unpaired) electrons. The third-order valence-corrected chi connectivity index (χ3v) is 4.45. The van der Waals surface area contributed by atoms with Gasteiger partial charge < -0.3 is 5.73 Å². The molecule has 0 fully saturated rings. The molecule has 0 atom stereocenters. The van der Waals surface area contributed by atoms with Crippen LogP contribution in [0.15, 0.2) is 30.3 Å². The van der Waals surface area contributed by atoms with Crippen molar-refractivity contribution in [2.24, 2.45) is 5.73 Å². The second-order valence-corrected chi connectivity index (χ2v) is 6.31. The highest BCUT2D eigenvalue weighted by Gasteiger charge is 2.21. The van der Waals surface area contributed by atoms with Gasteiger partial charge in [0.15, 0.2) is 0 Å². The lowest BCUT2D eigenvalue weighted by Gasteiger charge is -2.16. The number of hydrogen-bond donors (Lipinski definition) is 1. The van der Waals surface area contributed by atoms with Crippen molar-refractivity contribution in [2.75, 3.05) is 0 Å². The Balaban J connectivity index is 2.07. The number of rotatable bonds is 4. The molecule has 0 saturated heterocycles. The molecule has 96 valence electrons. The first-order chi connectivity index (χ1) is 8.47. The fraction of sp³-hybridized carbons (Fsp3) is 0.400. The first-order valence-electron chi connectivity index (χ1n) is 6.26. The molecule has 0 aliphatic rings. The maximum absolute atomic E-state index is 6.15. The van der Waals surface area contributed by atoms with Crippen LogP contribution >= 0.6 is 11.3 Å². The van der Waals surface area contributed by atoms with E-state index in [9.17, 15) is 0 Å². The summed E-state index contributed by atoms with van der Waals surface area (Å²) >= 11 is 1.75. The number of aryl methyl sites for hydroxylation is 3. The summed E-state index contributed by atoms with van der Waals surface area (Å²) in [7, 11) is 0. The Hall–Kier alpha value is -1.19. The van der Waals surface area contributed by atoms with Crippen LogP contribution in [0, 0.1) is 6.92 Å². The molecule has 18 heavy (non-hydrogen) atoms. The SMILES string of the molecule is Cc1nc(CCc2ccccc2)sc1C(C)(C)N. The van der Waals surface area contributed by atoms with Crippen molar-refractivity contribution in [1.29, 1.82) is 0 Å². The van der Waals surface area contributed by atoms with Crippen LogP contribution in [0.25, 0.3) is 0 Å². The molecular weight excluding hydrogens is 240 g/mol. The van der Waals surface area contributed by atoms with E-state index in [0.717, 1.165) is 18.5 Å². The van der Waals surface area contributed by atoms with Crippen LogP contribution < -0.4 is 5.73 Å². The van der Waals surface area contributed by atoms with E-state index in [-0.39, 0.29) is 5.54 Å². The Labute approximate surface area is 113 Å². The Morgan fingerprint density at radius 1 is 1.17 bits per heavy atom. The van der Waals surface area contributed by atoms with E-state index in [2.05, 4.69) is 29.2 Å². The van der Waals surface area contributed by atoms with Crippen molar-refractivity contribution in [3.63, 3.8) is 0 Å². The number of nitrogens with zero attached hydrogens (tertiary/aromatic N) is 1. The van der Waals surface area contributed by atoms with Crippen LogP contribution in [0.1, 0.15) is 35.0 Å². The number of nitrogens with two attached hydrogens (primary N) is 1. The van der Waals surface area contributed by atoms with Gasteiger partial charge in [-0.05, 0) is 32.8 Å². The normalized spacial score (nSPS) is 11.8. The minimum absolute atomic E-state index is 0.285. The number of aromatic nitrogens is 1. The highest BCUT2D eigenvalue weighted by atomic mass is 32.1. The second kappa shape index (κ2) is 5.21. The second-order valence-electron chi connectivity index (χ2n) is 5.23. The highest BCUT2D eigenvalue weighted by Crippen LogP contribution is 2.28. The van der Waals surface area contributed by atoms with Crippen LogP contribution in [-0.2, 0) is 18.4 Å². The first-order valence-corrected chi connectivity index (χ1v) is 7.08. The topological polar surface area (TPSA) is 38.9 Å². The summed E-state index contributed by atoms with van der Waals surface area (Å²) in [6.45, 7) is 6.12. The van der Waals surface area contributed by atoms with Gasteiger partial charge in [-0.25, -0.2) is 4.98 Å².